The zero-order valence-electron chi connectivity index (χ0n) is 3.44. The highest BCUT2D eigenvalue weighted by Crippen LogP contribution is 1.72. The van der Waals surface area contributed by atoms with E-state index < -0.39 is 0 Å². The van der Waals surface area contributed by atoms with Gasteiger partial charge >= 0.3 is 0 Å². The fourth-order valence-electron chi connectivity index (χ4n) is 0.321. The second-order valence-electron chi connectivity index (χ2n) is 1.13. The Kier molecular flexibility index (Phi) is 1.12. The van der Waals surface area contributed by atoms with Crippen LogP contribution in [0, 0.1) is 0 Å². The maximum atomic E-state index is 4.66. The topological polar surface area (TPSA) is 8.81 Å². The van der Waals surface area contributed by atoms with Gasteiger partial charge in [-0.2, -0.15) is 0 Å². The molecule has 1 aromatic rings. The smallest absolute Gasteiger partial charge is 0.208 e. The van der Waals surface area contributed by atoms with E-state index in [9.17, 15) is 0 Å². The summed E-state index contributed by atoms with van der Waals surface area (Å²) in [5.41, 5.74) is 0. The van der Waals surface area contributed by atoms with Crippen molar-refractivity contribution >= 4 is 25.6 Å². The molecule has 0 radical (unpaired) electrons. The van der Waals surface area contributed by atoms with Crippen molar-refractivity contribution in [2.75, 3.05) is 0 Å². The predicted octanol–water partition coefficient (Wildman–Crippen LogP) is -0.604. The molecule has 1 rings (SSSR count). The Hall–Kier alpha value is -0.350. The van der Waals surface area contributed by atoms with Crippen LogP contribution in [0.5, 0.6) is 0 Å². The molecular weight excluding hydrogens is 128 g/mol. The molecule has 0 unspecified atom stereocenters. The summed E-state index contributed by atoms with van der Waals surface area (Å²) in [7, 11) is 0. The molecule has 0 aliphatic carbocycles. The first-order chi connectivity index (χ1) is 3.29. The summed E-state index contributed by atoms with van der Waals surface area (Å²) >= 11 is 9.32. The molecule has 7 heavy (non-hydrogen) atoms. The van der Waals surface area contributed by atoms with Crippen molar-refractivity contribution in [2.24, 2.45) is 0 Å². The molecule has 0 amide bonds. The first-order valence-electron chi connectivity index (χ1n) is 1.73. The first-order valence-corrected chi connectivity index (χ1v) is 2.46. The maximum Gasteiger partial charge on any atom is 0.208 e. The van der Waals surface area contributed by atoms with E-state index in [0.717, 1.165) is 0 Å². The lowest BCUT2D eigenvalue weighted by Gasteiger charge is -1.93. The van der Waals surface area contributed by atoms with Crippen LogP contribution < -0.4 is 3.97 Å². The SMILES string of the molecule is [S-]n1cc[n+]([S-])c1. The minimum absolute atomic E-state index is 1.48. The minimum Gasteiger partial charge on any atom is -0.555 e. The Morgan fingerprint density at radius 3 is 2.43 bits per heavy atom. The lowest BCUT2D eigenvalue weighted by molar-refractivity contribution is -0.491. The summed E-state index contributed by atoms with van der Waals surface area (Å²) in [6.07, 6.45) is 5.05. The van der Waals surface area contributed by atoms with Crippen LogP contribution in [0.2, 0.25) is 0 Å². The molecule has 0 N–H and O–H groups in total. The Labute approximate surface area is 52.9 Å². The van der Waals surface area contributed by atoms with Gasteiger partial charge in [-0.15, -0.1) is 0 Å². The maximum absolute atomic E-state index is 4.66. The van der Waals surface area contributed by atoms with Gasteiger partial charge in [-0.3, -0.25) is 0 Å². The first kappa shape index (κ1) is 4.80. The summed E-state index contributed by atoms with van der Waals surface area (Å²) in [5, 5.41) is 0. The van der Waals surface area contributed by atoms with Gasteiger partial charge < -0.3 is 33.6 Å². The molecule has 0 aliphatic heterocycles. The van der Waals surface area contributed by atoms with Crippen molar-refractivity contribution in [3.8, 4) is 0 Å². The fourth-order valence-corrected chi connectivity index (χ4v) is 0.692. The lowest BCUT2D eigenvalue weighted by atomic mass is 11.0. The monoisotopic (exact) mass is 131 g/mol. The Bertz CT molecular complexity index is 143. The van der Waals surface area contributed by atoms with Crippen molar-refractivity contribution in [3.05, 3.63) is 18.7 Å². The summed E-state index contributed by atoms with van der Waals surface area (Å²) in [6.45, 7) is 0. The fraction of sp³-hybridized carbons (Fsp3) is 0. The van der Waals surface area contributed by atoms with Crippen LogP contribution in [0.15, 0.2) is 18.7 Å². The molecule has 4 heteroatoms. The number of nitrogens with zero attached hydrogens (tertiary/aromatic N) is 2. The lowest BCUT2D eigenvalue weighted by Crippen LogP contribution is -2.21. The molecule has 0 aliphatic rings. The van der Waals surface area contributed by atoms with Crippen LogP contribution in [0.3, 0.4) is 0 Å². The molecular formula is C3H3N2S2-. The number of aromatic nitrogens is 2. The molecule has 0 saturated heterocycles. The van der Waals surface area contributed by atoms with E-state index in [1.54, 1.807) is 18.7 Å². The highest BCUT2D eigenvalue weighted by atomic mass is 32.1. The molecule has 2 nitrogen and oxygen atoms in total. The molecule has 0 spiro atoms. The number of imidazole rings is 1. The van der Waals surface area contributed by atoms with Gasteiger partial charge in [-0.1, -0.05) is 0 Å². The largest absolute Gasteiger partial charge is 0.555 e. The third-order valence-electron chi connectivity index (χ3n) is 0.588. The summed E-state index contributed by atoms with van der Waals surface area (Å²) in [5.74, 6) is 0. The van der Waals surface area contributed by atoms with E-state index in [4.69, 9.17) is 0 Å². The molecule has 38 valence electrons. The minimum atomic E-state index is 1.48. The average Bonchev–Trinajstić information content (AvgIpc) is 1.87. The molecule has 0 atom stereocenters. The number of hydrogen-bond acceptors (Lipinski definition) is 2. The summed E-state index contributed by atoms with van der Waals surface area (Å²) < 4.78 is 2.96. The predicted molar refractivity (Wildman–Crippen MR) is 30.2 cm³/mol. The molecule has 0 aromatic carbocycles. The van der Waals surface area contributed by atoms with E-state index in [0.29, 0.717) is 0 Å². The summed E-state index contributed by atoms with van der Waals surface area (Å²) in [4.78, 5) is 0. The number of rotatable bonds is 0. The number of hydrogen-bond donors (Lipinski definition) is 0. The van der Waals surface area contributed by atoms with Gasteiger partial charge in [0, 0.05) is 0 Å². The van der Waals surface area contributed by atoms with Gasteiger partial charge in [0.25, 0.3) is 0 Å². The van der Waals surface area contributed by atoms with Gasteiger partial charge in [-0.25, -0.2) is 0 Å². The standard InChI is InChI=1S/C3H3N2S2/c6-4-1-2-5(7)3-4/h1-3H/q-1. The molecule has 0 saturated carbocycles. The van der Waals surface area contributed by atoms with Crippen LogP contribution in [0.1, 0.15) is 0 Å². The summed E-state index contributed by atoms with van der Waals surface area (Å²) in [6, 6.07) is 0. The second kappa shape index (κ2) is 1.63. The molecule has 0 bridgehead atoms. The molecule has 1 aromatic heterocycles. The van der Waals surface area contributed by atoms with Crippen LogP contribution >= 0.6 is 0 Å². The van der Waals surface area contributed by atoms with Crippen molar-refractivity contribution in [1.29, 1.82) is 0 Å². The van der Waals surface area contributed by atoms with Gasteiger partial charge in [0.1, 0.15) is 12.4 Å². The van der Waals surface area contributed by atoms with Crippen LogP contribution in [0.4, 0.5) is 0 Å². The van der Waals surface area contributed by atoms with Crippen molar-refractivity contribution < 1.29 is 3.97 Å². The van der Waals surface area contributed by atoms with E-state index in [2.05, 4.69) is 25.6 Å². The van der Waals surface area contributed by atoms with Crippen LogP contribution in [0.25, 0.3) is 0 Å². The van der Waals surface area contributed by atoms with Gasteiger partial charge in [0.15, 0.2) is 0 Å². The average molecular weight is 131 g/mol. The van der Waals surface area contributed by atoms with E-state index in [1.807, 2.05) is 0 Å². The normalized spacial score (nSPS) is 9.14. The van der Waals surface area contributed by atoms with Gasteiger partial charge in [-0.05, 0) is 0 Å². The second-order valence-corrected chi connectivity index (χ2v) is 1.98. The van der Waals surface area contributed by atoms with Crippen molar-refractivity contribution in [2.45, 2.75) is 0 Å². The molecule has 1 heterocycles. The van der Waals surface area contributed by atoms with Gasteiger partial charge in [0.2, 0.25) is 6.33 Å². The Morgan fingerprint density at radius 2 is 2.29 bits per heavy atom. The van der Waals surface area contributed by atoms with Crippen molar-refractivity contribution in [3.63, 3.8) is 0 Å². The molecule has 0 fully saturated rings. The Morgan fingerprint density at radius 1 is 1.57 bits per heavy atom. The highest BCUT2D eigenvalue weighted by molar-refractivity contribution is 7.56. The zero-order chi connectivity index (χ0) is 5.28. The van der Waals surface area contributed by atoms with Crippen LogP contribution in [-0.4, -0.2) is 3.97 Å². The van der Waals surface area contributed by atoms with Crippen LogP contribution in [-0.2, 0) is 25.6 Å². The Balaban J connectivity index is 3.04. The van der Waals surface area contributed by atoms with E-state index in [1.165, 1.54) is 7.94 Å². The van der Waals surface area contributed by atoms with E-state index >= 15 is 0 Å². The zero-order valence-corrected chi connectivity index (χ0v) is 5.08. The third kappa shape index (κ3) is 1.01. The quantitative estimate of drug-likeness (QED) is 0.343. The van der Waals surface area contributed by atoms with E-state index in [-0.39, 0.29) is 0 Å². The van der Waals surface area contributed by atoms with Crippen molar-refractivity contribution in [1.82, 2.24) is 3.97 Å². The highest BCUT2D eigenvalue weighted by Gasteiger charge is 1.76. The van der Waals surface area contributed by atoms with Gasteiger partial charge in [0.05, 0.1) is 0 Å². The third-order valence-corrected chi connectivity index (χ3v) is 1.02.